The van der Waals surface area contributed by atoms with Crippen molar-refractivity contribution in [1.29, 1.82) is 0 Å². The Morgan fingerprint density at radius 2 is 1.93 bits per heavy atom. The molecule has 160 valence electrons. The summed E-state index contributed by atoms with van der Waals surface area (Å²) in [6, 6.07) is 5.53. The SMILES string of the molecule is Cc1ccc(NC(=O)Nc2ncc(CC(=O)NCC(=O)O)s2)c(N2CCCCC2)c1. The van der Waals surface area contributed by atoms with Gasteiger partial charge in [-0.2, -0.15) is 0 Å². The van der Waals surface area contributed by atoms with Crippen LogP contribution in [0.3, 0.4) is 0 Å². The maximum atomic E-state index is 12.5. The molecule has 0 atom stereocenters. The van der Waals surface area contributed by atoms with Crippen LogP contribution < -0.4 is 20.9 Å². The molecule has 30 heavy (non-hydrogen) atoms. The number of rotatable bonds is 7. The Morgan fingerprint density at radius 3 is 2.67 bits per heavy atom. The number of urea groups is 1. The highest BCUT2D eigenvalue weighted by Crippen LogP contribution is 2.30. The lowest BCUT2D eigenvalue weighted by molar-refractivity contribution is -0.137. The zero-order chi connectivity index (χ0) is 21.5. The van der Waals surface area contributed by atoms with Gasteiger partial charge in [-0.15, -0.1) is 11.3 Å². The molecule has 9 nitrogen and oxygen atoms in total. The molecule has 1 saturated heterocycles. The Bertz CT molecular complexity index is 924. The highest BCUT2D eigenvalue weighted by molar-refractivity contribution is 7.15. The second kappa shape index (κ2) is 10.1. The normalized spacial score (nSPS) is 13.6. The largest absolute Gasteiger partial charge is 0.480 e. The summed E-state index contributed by atoms with van der Waals surface area (Å²) in [4.78, 5) is 41.7. The van der Waals surface area contributed by atoms with Gasteiger partial charge in [-0.1, -0.05) is 6.07 Å². The molecule has 3 rings (SSSR count). The minimum absolute atomic E-state index is 0.00527. The van der Waals surface area contributed by atoms with Gasteiger partial charge in [-0.05, 0) is 43.9 Å². The molecule has 1 aromatic heterocycles. The smallest absolute Gasteiger partial charge is 0.325 e. The van der Waals surface area contributed by atoms with Gasteiger partial charge in [-0.3, -0.25) is 14.9 Å². The number of carboxylic acid groups (broad SMARTS) is 1. The molecule has 0 spiro atoms. The number of carbonyl (C=O) groups is 3. The monoisotopic (exact) mass is 431 g/mol. The fraction of sp³-hybridized carbons (Fsp3) is 0.400. The highest BCUT2D eigenvalue weighted by Gasteiger charge is 2.17. The topological polar surface area (TPSA) is 124 Å². The van der Waals surface area contributed by atoms with E-state index in [1.807, 2.05) is 19.1 Å². The van der Waals surface area contributed by atoms with Crippen LogP contribution in [0.5, 0.6) is 0 Å². The summed E-state index contributed by atoms with van der Waals surface area (Å²) in [5.41, 5.74) is 2.89. The van der Waals surface area contributed by atoms with E-state index in [9.17, 15) is 14.4 Å². The number of piperidine rings is 1. The molecule has 0 saturated carbocycles. The zero-order valence-electron chi connectivity index (χ0n) is 16.7. The van der Waals surface area contributed by atoms with E-state index in [1.165, 1.54) is 24.0 Å². The number of anilines is 3. The lowest BCUT2D eigenvalue weighted by Gasteiger charge is -2.30. The summed E-state index contributed by atoms with van der Waals surface area (Å²) < 4.78 is 0. The minimum atomic E-state index is -1.10. The standard InChI is InChI=1S/C20H25N5O4S/c1-13-5-6-15(16(9-13)25-7-3-2-4-8-25)23-19(29)24-20-22-11-14(30-20)10-17(26)21-12-18(27)28/h5-6,9,11H,2-4,7-8,10,12H2,1H3,(H,21,26)(H,27,28)(H2,22,23,24,29). The van der Waals surface area contributed by atoms with Crippen LogP contribution in [0.2, 0.25) is 0 Å². The van der Waals surface area contributed by atoms with Crippen molar-refractivity contribution >= 4 is 45.8 Å². The molecule has 4 N–H and O–H groups in total. The summed E-state index contributed by atoms with van der Waals surface area (Å²) >= 11 is 1.17. The van der Waals surface area contributed by atoms with Gasteiger partial charge in [0.15, 0.2) is 5.13 Å². The average molecular weight is 432 g/mol. The summed E-state index contributed by atoms with van der Waals surface area (Å²) in [7, 11) is 0. The first-order valence-electron chi connectivity index (χ1n) is 9.77. The van der Waals surface area contributed by atoms with Crippen LogP contribution in [-0.2, 0) is 16.0 Å². The van der Waals surface area contributed by atoms with E-state index in [0.29, 0.717) is 10.0 Å². The molecule has 0 radical (unpaired) electrons. The second-order valence-corrected chi connectivity index (χ2v) is 8.24. The first-order chi connectivity index (χ1) is 14.4. The summed E-state index contributed by atoms with van der Waals surface area (Å²) in [6.07, 6.45) is 5.01. The van der Waals surface area contributed by atoms with Gasteiger partial charge in [0.2, 0.25) is 5.91 Å². The number of carbonyl (C=O) groups excluding carboxylic acids is 2. The van der Waals surface area contributed by atoms with E-state index in [0.717, 1.165) is 42.9 Å². The van der Waals surface area contributed by atoms with Crippen molar-refractivity contribution in [2.45, 2.75) is 32.6 Å². The van der Waals surface area contributed by atoms with Crippen LogP contribution in [0.1, 0.15) is 29.7 Å². The van der Waals surface area contributed by atoms with E-state index in [4.69, 9.17) is 5.11 Å². The number of aryl methyl sites for hydroxylation is 1. The Labute approximate surface area is 178 Å². The van der Waals surface area contributed by atoms with E-state index in [1.54, 1.807) is 0 Å². The van der Waals surface area contributed by atoms with Crippen LogP contribution in [0.25, 0.3) is 0 Å². The maximum absolute atomic E-state index is 12.5. The molecule has 1 aliphatic heterocycles. The predicted molar refractivity (Wildman–Crippen MR) is 116 cm³/mol. The maximum Gasteiger partial charge on any atom is 0.325 e. The Balaban J connectivity index is 1.59. The van der Waals surface area contributed by atoms with Gasteiger partial charge < -0.3 is 20.6 Å². The first kappa shape index (κ1) is 21.6. The van der Waals surface area contributed by atoms with Crippen LogP contribution in [0.4, 0.5) is 21.3 Å². The van der Waals surface area contributed by atoms with Gasteiger partial charge >= 0.3 is 12.0 Å². The van der Waals surface area contributed by atoms with Gasteiger partial charge in [0.05, 0.1) is 17.8 Å². The molecular formula is C20H25N5O4S. The second-order valence-electron chi connectivity index (χ2n) is 7.13. The molecule has 2 heterocycles. The number of nitrogens with zero attached hydrogens (tertiary/aromatic N) is 2. The quantitative estimate of drug-likeness (QED) is 0.534. The third-order valence-electron chi connectivity index (χ3n) is 4.64. The molecule has 0 bridgehead atoms. The fourth-order valence-electron chi connectivity index (χ4n) is 3.24. The number of benzene rings is 1. The van der Waals surface area contributed by atoms with E-state index in [2.05, 4.69) is 31.9 Å². The number of aromatic nitrogens is 1. The van der Waals surface area contributed by atoms with Crippen LogP contribution >= 0.6 is 11.3 Å². The fourth-order valence-corrected chi connectivity index (χ4v) is 4.04. The number of hydrogen-bond acceptors (Lipinski definition) is 6. The zero-order valence-corrected chi connectivity index (χ0v) is 17.6. The number of thiazole rings is 1. The number of aliphatic carboxylic acids is 1. The van der Waals surface area contributed by atoms with Crippen molar-refractivity contribution in [2.75, 3.05) is 35.2 Å². The van der Waals surface area contributed by atoms with Gasteiger partial charge in [0.1, 0.15) is 6.54 Å². The molecule has 1 aromatic carbocycles. The van der Waals surface area contributed by atoms with Crippen molar-refractivity contribution in [3.8, 4) is 0 Å². The van der Waals surface area contributed by atoms with Gasteiger partial charge in [0.25, 0.3) is 0 Å². The molecule has 0 aliphatic carbocycles. The molecule has 1 aliphatic rings. The molecule has 2 aromatic rings. The third-order valence-corrected chi connectivity index (χ3v) is 5.56. The molecular weight excluding hydrogens is 406 g/mol. The molecule has 10 heteroatoms. The summed E-state index contributed by atoms with van der Waals surface area (Å²) in [5, 5.41) is 16.8. The van der Waals surface area contributed by atoms with Crippen molar-refractivity contribution in [1.82, 2.24) is 10.3 Å². The summed E-state index contributed by atoms with van der Waals surface area (Å²) in [6.45, 7) is 3.54. The van der Waals surface area contributed by atoms with Crippen molar-refractivity contribution < 1.29 is 19.5 Å². The van der Waals surface area contributed by atoms with Crippen LogP contribution in [0, 0.1) is 6.92 Å². The Kier molecular flexibility index (Phi) is 7.23. The summed E-state index contributed by atoms with van der Waals surface area (Å²) in [5.74, 6) is -1.52. The number of amides is 3. The van der Waals surface area contributed by atoms with Crippen LogP contribution in [-0.4, -0.2) is 47.6 Å². The number of nitrogens with one attached hydrogen (secondary N) is 3. The first-order valence-corrected chi connectivity index (χ1v) is 10.6. The van der Waals surface area contributed by atoms with E-state index < -0.39 is 24.5 Å². The third kappa shape index (κ3) is 6.18. The average Bonchev–Trinajstić information content (AvgIpc) is 3.15. The molecule has 1 fully saturated rings. The minimum Gasteiger partial charge on any atom is -0.480 e. The number of carboxylic acids is 1. The predicted octanol–water partition coefficient (Wildman–Crippen LogP) is 2.83. The van der Waals surface area contributed by atoms with Crippen molar-refractivity contribution in [3.05, 3.63) is 34.8 Å². The molecule has 0 unspecified atom stereocenters. The highest BCUT2D eigenvalue weighted by atomic mass is 32.1. The van der Waals surface area contributed by atoms with E-state index >= 15 is 0 Å². The van der Waals surface area contributed by atoms with Crippen molar-refractivity contribution in [2.24, 2.45) is 0 Å². The number of hydrogen-bond donors (Lipinski definition) is 4. The lowest BCUT2D eigenvalue weighted by atomic mass is 10.1. The Hall–Kier alpha value is -3.14. The van der Waals surface area contributed by atoms with Gasteiger partial charge in [0, 0.05) is 24.2 Å². The van der Waals surface area contributed by atoms with Crippen LogP contribution in [0.15, 0.2) is 24.4 Å². The van der Waals surface area contributed by atoms with E-state index in [-0.39, 0.29) is 6.42 Å². The van der Waals surface area contributed by atoms with Crippen molar-refractivity contribution in [3.63, 3.8) is 0 Å². The Morgan fingerprint density at radius 1 is 1.17 bits per heavy atom. The lowest BCUT2D eigenvalue weighted by Crippen LogP contribution is -2.31. The van der Waals surface area contributed by atoms with Gasteiger partial charge in [-0.25, -0.2) is 9.78 Å². The molecule has 3 amide bonds.